The second-order valence-electron chi connectivity index (χ2n) is 6.10. The molecule has 148 valence electrons. The van der Waals surface area contributed by atoms with E-state index >= 15 is 0 Å². The van der Waals surface area contributed by atoms with Crippen LogP contribution in [0.15, 0.2) is 37.0 Å². The monoisotopic (exact) mass is 368 g/mol. The Morgan fingerprint density at radius 3 is 2.19 bits per heavy atom. The van der Waals surface area contributed by atoms with E-state index in [1.54, 1.807) is 26.2 Å². The predicted molar refractivity (Wildman–Crippen MR) is 102 cm³/mol. The number of nitrogens with one attached hydrogen (secondary N) is 2. The molecule has 0 aliphatic carbocycles. The minimum absolute atomic E-state index is 0.000781. The molecule has 2 amide bonds. The summed E-state index contributed by atoms with van der Waals surface area (Å²) in [7, 11) is 1.71. The van der Waals surface area contributed by atoms with Gasteiger partial charge in [0, 0.05) is 13.7 Å². The molecule has 7 nitrogen and oxygen atoms in total. The minimum Gasteiger partial charge on any atom is -0.459 e. The number of esters is 1. The normalized spacial score (nSPS) is 12.0. The van der Waals surface area contributed by atoms with Crippen LogP contribution in [0.4, 0.5) is 0 Å². The highest BCUT2D eigenvalue weighted by Crippen LogP contribution is 2.02. The number of allylic oxidation sites excluding steroid dienone is 2. The van der Waals surface area contributed by atoms with Gasteiger partial charge in [0.2, 0.25) is 12.3 Å². The predicted octanol–water partition coefficient (Wildman–Crippen LogP) is 1.90. The largest absolute Gasteiger partial charge is 0.459 e. The maximum atomic E-state index is 11.8. The first kappa shape index (κ1) is 25.8. The first-order valence-corrected chi connectivity index (χ1v) is 8.27. The molecule has 0 radical (unpaired) electrons. The van der Waals surface area contributed by atoms with Crippen LogP contribution in [0.3, 0.4) is 0 Å². The fourth-order valence-electron chi connectivity index (χ4n) is 1.33. The molecule has 0 aliphatic heterocycles. The van der Waals surface area contributed by atoms with Gasteiger partial charge in [0.25, 0.3) is 0 Å². The molecule has 1 unspecified atom stereocenters. The van der Waals surface area contributed by atoms with E-state index < -0.39 is 12.0 Å². The topological polar surface area (TPSA) is 93.7 Å². The SMILES string of the molecule is C=C/C=C(\C=C)COC(=O)C(CC(=O)NCC)NC=O.COC(C)(C)C. The molecule has 0 saturated carbocycles. The van der Waals surface area contributed by atoms with Crippen LogP contribution >= 0.6 is 0 Å². The van der Waals surface area contributed by atoms with E-state index in [9.17, 15) is 14.4 Å². The second-order valence-corrected chi connectivity index (χ2v) is 6.10. The zero-order chi connectivity index (χ0) is 20.6. The maximum absolute atomic E-state index is 11.8. The summed E-state index contributed by atoms with van der Waals surface area (Å²) in [4.78, 5) is 33.7. The summed E-state index contributed by atoms with van der Waals surface area (Å²) in [6.07, 6.45) is 4.91. The van der Waals surface area contributed by atoms with Crippen molar-refractivity contribution in [2.24, 2.45) is 0 Å². The Hall–Kier alpha value is -2.41. The van der Waals surface area contributed by atoms with E-state index in [-0.39, 0.29) is 24.5 Å². The molecule has 0 aromatic heterocycles. The van der Waals surface area contributed by atoms with Crippen molar-refractivity contribution < 1.29 is 23.9 Å². The zero-order valence-corrected chi connectivity index (χ0v) is 16.5. The lowest BCUT2D eigenvalue weighted by atomic mass is 10.2. The van der Waals surface area contributed by atoms with E-state index in [2.05, 4.69) is 23.8 Å². The molecule has 0 spiro atoms. The number of hydrogen-bond donors (Lipinski definition) is 2. The number of ether oxygens (including phenoxy) is 2. The van der Waals surface area contributed by atoms with Crippen LogP contribution in [-0.4, -0.2) is 50.2 Å². The van der Waals surface area contributed by atoms with Gasteiger partial charge in [-0.25, -0.2) is 4.79 Å². The molecule has 0 aliphatic rings. The molecule has 1 atom stereocenters. The third kappa shape index (κ3) is 15.1. The Labute approximate surface area is 156 Å². The van der Waals surface area contributed by atoms with Gasteiger partial charge in [-0.15, -0.1) is 0 Å². The van der Waals surface area contributed by atoms with Crippen molar-refractivity contribution in [1.82, 2.24) is 10.6 Å². The molecule has 0 heterocycles. The summed E-state index contributed by atoms with van der Waals surface area (Å²) in [5.41, 5.74) is 0.705. The van der Waals surface area contributed by atoms with Crippen LogP contribution in [0.1, 0.15) is 34.1 Å². The summed E-state index contributed by atoms with van der Waals surface area (Å²) in [5.74, 6) is -1.02. The summed E-state index contributed by atoms with van der Waals surface area (Å²) in [6, 6.07) is -1.01. The molecular formula is C19H32N2O5. The van der Waals surface area contributed by atoms with E-state index in [4.69, 9.17) is 9.47 Å². The molecule has 0 fully saturated rings. The summed E-state index contributed by atoms with van der Waals surface area (Å²) >= 11 is 0. The van der Waals surface area contributed by atoms with Crippen LogP contribution < -0.4 is 10.6 Å². The lowest BCUT2D eigenvalue weighted by molar-refractivity contribution is -0.147. The van der Waals surface area contributed by atoms with Gasteiger partial charge in [0.05, 0.1) is 12.0 Å². The van der Waals surface area contributed by atoms with Crippen LogP contribution in [-0.2, 0) is 23.9 Å². The van der Waals surface area contributed by atoms with Gasteiger partial charge in [-0.05, 0) is 33.3 Å². The van der Waals surface area contributed by atoms with E-state index in [0.717, 1.165) is 0 Å². The third-order valence-corrected chi connectivity index (χ3v) is 2.90. The average molecular weight is 368 g/mol. The number of carbonyl (C=O) groups is 3. The first-order chi connectivity index (χ1) is 12.1. The number of hydrogen-bond acceptors (Lipinski definition) is 5. The Balaban J connectivity index is 0. The van der Waals surface area contributed by atoms with Crippen molar-refractivity contribution >= 4 is 18.3 Å². The smallest absolute Gasteiger partial charge is 0.329 e. The Morgan fingerprint density at radius 1 is 1.23 bits per heavy atom. The van der Waals surface area contributed by atoms with Gasteiger partial charge in [-0.1, -0.05) is 31.4 Å². The third-order valence-electron chi connectivity index (χ3n) is 2.90. The van der Waals surface area contributed by atoms with Crippen molar-refractivity contribution in [3.63, 3.8) is 0 Å². The van der Waals surface area contributed by atoms with Crippen LogP contribution in [0.5, 0.6) is 0 Å². The molecule has 2 N–H and O–H groups in total. The standard InChI is InChI=1S/C14H20N2O4.C5H12O/c1-4-7-11(5-2)9-20-14(19)12(16-10-17)8-13(18)15-6-3;1-5(2,3)6-4/h4-5,7,10,12H,1-2,6,8-9H2,3H3,(H,15,18)(H,16,17);1-4H3/b11-7+;. The molecule has 0 aromatic carbocycles. The molecule has 0 bridgehead atoms. The second kappa shape index (κ2) is 14.9. The molecule has 0 aromatic rings. The first-order valence-electron chi connectivity index (χ1n) is 8.27. The Morgan fingerprint density at radius 2 is 1.81 bits per heavy atom. The van der Waals surface area contributed by atoms with Gasteiger partial charge in [-0.2, -0.15) is 0 Å². The van der Waals surface area contributed by atoms with Crippen molar-refractivity contribution in [3.8, 4) is 0 Å². The fraction of sp³-hybridized carbons (Fsp3) is 0.526. The maximum Gasteiger partial charge on any atom is 0.329 e. The van der Waals surface area contributed by atoms with Crippen LogP contribution in [0.2, 0.25) is 0 Å². The molecule has 0 saturated heterocycles. The summed E-state index contributed by atoms with van der Waals surface area (Å²) < 4.78 is 9.95. The number of methoxy groups -OCH3 is 1. The zero-order valence-electron chi connectivity index (χ0n) is 16.5. The highest BCUT2D eigenvalue weighted by Gasteiger charge is 2.22. The quantitative estimate of drug-likeness (QED) is 0.349. The van der Waals surface area contributed by atoms with Gasteiger partial charge < -0.3 is 20.1 Å². The van der Waals surface area contributed by atoms with E-state index in [1.807, 2.05) is 20.8 Å². The molecule has 0 rings (SSSR count). The Kier molecular flexibility index (Phi) is 14.8. The molecule has 26 heavy (non-hydrogen) atoms. The fourth-order valence-corrected chi connectivity index (χ4v) is 1.33. The van der Waals surface area contributed by atoms with Gasteiger partial charge in [-0.3, -0.25) is 9.59 Å². The van der Waals surface area contributed by atoms with E-state index in [1.165, 1.54) is 6.08 Å². The lowest BCUT2D eigenvalue weighted by Gasteiger charge is -2.15. The van der Waals surface area contributed by atoms with Crippen molar-refractivity contribution in [1.29, 1.82) is 0 Å². The molecular weight excluding hydrogens is 336 g/mol. The van der Waals surface area contributed by atoms with Crippen LogP contribution in [0, 0.1) is 0 Å². The lowest BCUT2D eigenvalue weighted by Crippen LogP contribution is -2.41. The van der Waals surface area contributed by atoms with Crippen molar-refractivity contribution in [2.75, 3.05) is 20.3 Å². The highest BCUT2D eigenvalue weighted by molar-refractivity contribution is 5.86. The number of rotatable bonds is 10. The highest BCUT2D eigenvalue weighted by atomic mass is 16.5. The van der Waals surface area contributed by atoms with Gasteiger partial charge in [0.1, 0.15) is 12.6 Å². The summed E-state index contributed by atoms with van der Waals surface area (Å²) in [6.45, 7) is 15.4. The van der Waals surface area contributed by atoms with Crippen LogP contribution in [0.25, 0.3) is 0 Å². The van der Waals surface area contributed by atoms with Gasteiger partial charge in [0.15, 0.2) is 0 Å². The molecule has 7 heteroatoms. The van der Waals surface area contributed by atoms with Gasteiger partial charge >= 0.3 is 5.97 Å². The Bertz CT molecular complexity index is 493. The number of amides is 2. The minimum atomic E-state index is -1.01. The van der Waals surface area contributed by atoms with Crippen molar-refractivity contribution in [2.45, 2.75) is 45.8 Å². The van der Waals surface area contributed by atoms with Crippen molar-refractivity contribution in [3.05, 3.63) is 37.0 Å². The number of carbonyl (C=O) groups excluding carboxylic acids is 3. The van der Waals surface area contributed by atoms with E-state index in [0.29, 0.717) is 18.5 Å². The average Bonchev–Trinajstić information content (AvgIpc) is 2.58. The summed E-state index contributed by atoms with van der Waals surface area (Å²) in [5, 5.41) is 4.81.